The highest BCUT2D eigenvalue weighted by Gasteiger charge is 2.24. The molecular formula is C19H20N6O3. The molecule has 1 fully saturated rings. The number of carbonyl (C=O) groups is 1. The van der Waals surface area contributed by atoms with Gasteiger partial charge in [-0.05, 0) is 19.1 Å². The molecule has 1 amide bonds. The van der Waals surface area contributed by atoms with Crippen LogP contribution < -0.4 is 4.74 Å². The lowest BCUT2D eigenvalue weighted by molar-refractivity contribution is 0.0298. The van der Waals surface area contributed by atoms with Gasteiger partial charge in [-0.2, -0.15) is 5.10 Å². The van der Waals surface area contributed by atoms with E-state index in [1.165, 1.54) is 0 Å². The number of aromatic nitrogens is 5. The van der Waals surface area contributed by atoms with Gasteiger partial charge in [-0.15, -0.1) is 0 Å². The number of ether oxygens (including phenoxy) is 2. The van der Waals surface area contributed by atoms with Gasteiger partial charge < -0.3 is 14.4 Å². The van der Waals surface area contributed by atoms with E-state index in [4.69, 9.17) is 9.47 Å². The maximum Gasteiger partial charge on any atom is 0.274 e. The minimum atomic E-state index is -0.134. The van der Waals surface area contributed by atoms with Crippen LogP contribution in [-0.4, -0.2) is 69.0 Å². The van der Waals surface area contributed by atoms with E-state index in [0.717, 1.165) is 5.69 Å². The SMILES string of the molecule is COc1ccc(-n2nc(C(=O)N3CCOCC3)cc2-c2cnc(C)cn2)cn1. The Bertz CT molecular complexity index is 962. The predicted octanol–water partition coefficient (Wildman–Crippen LogP) is 1.51. The third kappa shape index (κ3) is 3.56. The quantitative estimate of drug-likeness (QED) is 0.677. The molecule has 0 saturated carbocycles. The Morgan fingerprint density at radius 2 is 1.93 bits per heavy atom. The predicted molar refractivity (Wildman–Crippen MR) is 100 cm³/mol. The first-order chi connectivity index (χ1) is 13.7. The summed E-state index contributed by atoms with van der Waals surface area (Å²) < 4.78 is 12.1. The van der Waals surface area contributed by atoms with Crippen LogP contribution in [0.5, 0.6) is 5.88 Å². The maximum atomic E-state index is 12.9. The Morgan fingerprint density at radius 1 is 1.11 bits per heavy atom. The van der Waals surface area contributed by atoms with Crippen molar-refractivity contribution >= 4 is 5.91 Å². The molecule has 3 aromatic heterocycles. The third-order valence-electron chi connectivity index (χ3n) is 4.44. The van der Waals surface area contributed by atoms with Crippen molar-refractivity contribution in [3.05, 3.63) is 48.2 Å². The van der Waals surface area contributed by atoms with Gasteiger partial charge in [0.1, 0.15) is 5.69 Å². The highest BCUT2D eigenvalue weighted by atomic mass is 16.5. The number of hydrogen-bond donors (Lipinski definition) is 0. The Labute approximate surface area is 162 Å². The number of carbonyl (C=O) groups excluding carboxylic acids is 1. The average Bonchev–Trinajstić information content (AvgIpc) is 3.20. The Kier molecular flexibility index (Phi) is 4.98. The summed E-state index contributed by atoms with van der Waals surface area (Å²) in [5.41, 5.74) is 3.13. The van der Waals surface area contributed by atoms with Gasteiger partial charge in [-0.3, -0.25) is 14.8 Å². The zero-order chi connectivity index (χ0) is 19.5. The Morgan fingerprint density at radius 3 is 2.57 bits per heavy atom. The highest BCUT2D eigenvalue weighted by molar-refractivity contribution is 5.93. The second-order valence-electron chi connectivity index (χ2n) is 6.33. The number of aryl methyl sites for hydroxylation is 1. The summed E-state index contributed by atoms with van der Waals surface area (Å²) in [5, 5.41) is 4.55. The number of pyridine rings is 1. The zero-order valence-electron chi connectivity index (χ0n) is 15.7. The van der Waals surface area contributed by atoms with Crippen molar-refractivity contribution in [2.75, 3.05) is 33.4 Å². The molecule has 4 heterocycles. The molecule has 0 unspecified atom stereocenters. The van der Waals surface area contributed by atoms with Gasteiger partial charge in [0, 0.05) is 25.4 Å². The summed E-state index contributed by atoms with van der Waals surface area (Å²) >= 11 is 0. The molecule has 0 atom stereocenters. The number of morpholine rings is 1. The van der Waals surface area contributed by atoms with Crippen LogP contribution in [-0.2, 0) is 4.74 Å². The summed E-state index contributed by atoms with van der Waals surface area (Å²) in [6, 6.07) is 5.30. The fourth-order valence-electron chi connectivity index (χ4n) is 2.94. The molecular weight excluding hydrogens is 360 g/mol. The molecule has 9 nitrogen and oxygen atoms in total. The van der Waals surface area contributed by atoms with Crippen LogP contribution in [0.4, 0.5) is 0 Å². The topological polar surface area (TPSA) is 95.3 Å². The Balaban J connectivity index is 1.76. The summed E-state index contributed by atoms with van der Waals surface area (Å²) in [7, 11) is 1.56. The fourth-order valence-corrected chi connectivity index (χ4v) is 2.94. The number of amides is 1. The van der Waals surface area contributed by atoms with E-state index >= 15 is 0 Å². The summed E-state index contributed by atoms with van der Waals surface area (Å²) in [6.07, 6.45) is 4.99. The molecule has 3 aromatic rings. The van der Waals surface area contributed by atoms with Gasteiger partial charge in [0.25, 0.3) is 5.91 Å². The lowest BCUT2D eigenvalue weighted by Gasteiger charge is -2.25. The maximum absolute atomic E-state index is 12.9. The molecule has 1 aliphatic heterocycles. The first kappa shape index (κ1) is 18.1. The molecule has 144 valence electrons. The van der Waals surface area contributed by atoms with E-state index in [2.05, 4.69) is 20.1 Å². The molecule has 0 aromatic carbocycles. The lowest BCUT2D eigenvalue weighted by atomic mass is 10.2. The lowest BCUT2D eigenvalue weighted by Crippen LogP contribution is -2.40. The molecule has 9 heteroatoms. The second-order valence-corrected chi connectivity index (χ2v) is 6.33. The summed E-state index contributed by atoms with van der Waals surface area (Å²) in [4.78, 5) is 27.6. The molecule has 0 aliphatic carbocycles. The van der Waals surface area contributed by atoms with E-state index in [1.807, 2.05) is 13.0 Å². The average molecular weight is 380 g/mol. The largest absolute Gasteiger partial charge is 0.481 e. The number of methoxy groups -OCH3 is 1. The van der Waals surface area contributed by atoms with Gasteiger partial charge >= 0.3 is 0 Å². The van der Waals surface area contributed by atoms with Crippen LogP contribution in [0.3, 0.4) is 0 Å². The van der Waals surface area contributed by atoms with Gasteiger partial charge in [-0.25, -0.2) is 9.67 Å². The zero-order valence-corrected chi connectivity index (χ0v) is 15.7. The molecule has 0 radical (unpaired) electrons. The van der Waals surface area contributed by atoms with Gasteiger partial charge in [-0.1, -0.05) is 0 Å². The van der Waals surface area contributed by atoms with E-state index < -0.39 is 0 Å². The van der Waals surface area contributed by atoms with Gasteiger partial charge in [0.15, 0.2) is 5.69 Å². The Hall–Kier alpha value is -3.33. The van der Waals surface area contributed by atoms with Crippen LogP contribution in [0.15, 0.2) is 36.8 Å². The standard InChI is InChI=1S/C19H20N6O3/c1-13-10-21-16(12-20-13)17-9-15(19(26)24-5-7-28-8-6-24)23-25(17)14-3-4-18(27-2)22-11-14/h3-4,9-12H,5-8H2,1-2H3. The number of rotatable bonds is 4. The van der Waals surface area contributed by atoms with Crippen molar-refractivity contribution in [1.82, 2.24) is 29.6 Å². The molecule has 0 bridgehead atoms. The first-order valence-corrected chi connectivity index (χ1v) is 8.92. The summed E-state index contributed by atoms with van der Waals surface area (Å²) in [5.74, 6) is 0.363. The van der Waals surface area contributed by atoms with E-state index in [0.29, 0.717) is 55.0 Å². The van der Waals surface area contributed by atoms with Crippen molar-refractivity contribution in [1.29, 1.82) is 0 Å². The molecule has 1 saturated heterocycles. The minimum Gasteiger partial charge on any atom is -0.481 e. The molecule has 4 rings (SSSR count). The number of hydrogen-bond acceptors (Lipinski definition) is 7. The molecule has 28 heavy (non-hydrogen) atoms. The van der Waals surface area contributed by atoms with Crippen LogP contribution in [0.2, 0.25) is 0 Å². The van der Waals surface area contributed by atoms with Gasteiger partial charge in [0.05, 0.1) is 49.8 Å². The van der Waals surface area contributed by atoms with Crippen LogP contribution in [0.25, 0.3) is 17.1 Å². The molecule has 0 N–H and O–H groups in total. The third-order valence-corrected chi connectivity index (χ3v) is 4.44. The second kappa shape index (κ2) is 7.73. The molecule has 0 spiro atoms. The van der Waals surface area contributed by atoms with E-state index in [-0.39, 0.29) is 5.91 Å². The first-order valence-electron chi connectivity index (χ1n) is 8.92. The van der Waals surface area contributed by atoms with Crippen LogP contribution >= 0.6 is 0 Å². The fraction of sp³-hybridized carbons (Fsp3) is 0.316. The van der Waals surface area contributed by atoms with Crippen LogP contribution in [0, 0.1) is 6.92 Å². The van der Waals surface area contributed by atoms with Crippen molar-refractivity contribution in [2.45, 2.75) is 6.92 Å². The van der Waals surface area contributed by atoms with Crippen molar-refractivity contribution in [3.8, 4) is 23.0 Å². The monoisotopic (exact) mass is 380 g/mol. The smallest absolute Gasteiger partial charge is 0.274 e. The van der Waals surface area contributed by atoms with Gasteiger partial charge in [0.2, 0.25) is 5.88 Å². The van der Waals surface area contributed by atoms with E-state index in [9.17, 15) is 4.79 Å². The van der Waals surface area contributed by atoms with Crippen molar-refractivity contribution < 1.29 is 14.3 Å². The minimum absolute atomic E-state index is 0.134. The highest BCUT2D eigenvalue weighted by Crippen LogP contribution is 2.23. The van der Waals surface area contributed by atoms with Crippen molar-refractivity contribution in [3.63, 3.8) is 0 Å². The summed E-state index contributed by atoms with van der Waals surface area (Å²) in [6.45, 7) is 4.04. The van der Waals surface area contributed by atoms with Crippen molar-refractivity contribution in [2.24, 2.45) is 0 Å². The van der Waals surface area contributed by atoms with Crippen LogP contribution in [0.1, 0.15) is 16.2 Å². The molecule has 1 aliphatic rings. The number of nitrogens with zero attached hydrogens (tertiary/aromatic N) is 6. The van der Waals surface area contributed by atoms with E-state index in [1.54, 1.807) is 47.4 Å². The normalized spacial score (nSPS) is 14.1.